The van der Waals surface area contributed by atoms with Crippen LogP contribution in [0.2, 0.25) is 0 Å². The fourth-order valence-corrected chi connectivity index (χ4v) is 8.41. The first-order valence-electron chi connectivity index (χ1n) is 14.0. The van der Waals surface area contributed by atoms with Gasteiger partial charge in [-0.3, -0.25) is 9.59 Å². The fourth-order valence-electron chi connectivity index (χ4n) is 7.73. The van der Waals surface area contributed by atoms with Gasteiger partial charge in [-0.2, -0.15) is 0 Å². The second kappa shape index (κ2) is 10.8. The van der Waals surface area contributed by atoms with E-state index in [4.69, 9.17) is 4.74 Å². The standard InChI is InChI=1S/C30H40N2O4S/c1-4-5-6-27(35)36-25-16-20(8-12-26(34)32-29-31-17-18(2)37-29)28-24-10-7-19-15-21(33)9-11-22(19)23(24)13-14-30(25,28)3/h9,11,15,17,20,23-25,28,33H,4-8,10,12-14,16H2,1-3H3,(H,31,32,34). The molecule has 2 N–H and O–H groups in total. The Balaban J connectivity index is 1.36. The van der Waals surface area contributed by atoms with Crippen LogP contribution in [-0.2, 0) is 20.7 Å². The number of rotatable bonds is 8. The lowest BCUT2D eigenvalue weighted by Gasteiger charge is -2.51. The van der Waals surface area contributed by atoms with Crippen molar-refractivity contribution >= 4 is 28.3 Å². The number of nitrogens with zero attached hydrogens (tertiary/aromatic N) is 1. The Labute approximate surface area is 224 Å². The number of hydrogen-bond acceptors (Lipinski definition) is 6. The molecule has 2 aromatic rings. The van der Waals surface area contributed by atoms with Crippen LogP contribution in [0, 0.1) is 30.1 Å². The molecule has 1 heterocycles. The number of esters is 1. The molecule has 3 aliphatic carbocycles. The van der Waals surface area contributed by atoms with Gasteiger partial charge in [-0.25, -0.2) is 4.98 Å². The molecule has 1 aromatic carbocycles. The summed E-state index contributed by atoms with van der Waals surface area (Å²) in [5.41, 5.74) is 2.60. The van der Waals surface area contributed by atoms with E-state index in [1.807, 2.05) is 19.1 Å². The highest BCUT2D eigenvalue weighted by atomic mass is 32.1. The molecule has 6 unspecified atom stereocenters. The number of unbranched alkanes of at least 4 members (excludes halogenated alkanes) is 1. The number of amides is 1. The zero-order chi connectivity index (χ0) is 26.2. The van der Waals surface area contributed by atoms with E-state index >= 15 is 0 Å². The fraction of sp³-hybridized carbons (Fsp3) is 0.633. The van der Waals surface area contributed by atoms with Crippen LogP contribution in [0.3, 0.4) is 0 Å². The molecule has 6 atom stereocenters. The first-order chi connectivity index (χ1) is 17.8. The molecule has 3 aliphatic rings. The third-order valence-corrected chi connectivity index (χ3v) is 10.2. The lowest BCUT2D eigenvalue weighted by Crippen LogP contribution is -2.46. The van der Waals surface area contributed by atoms with Crippen molar-refractivity contribution in [1.29, 1.82) is 0 Å². The number of carbonyl (C=O) groups excluding carboxylic acids is 2. The van der Waals surface area contributed by atoms with Crippen LogP contribution in [0.1, 0.15) is 93.6 Å². The van der Waals surface area contributed by atoms with E-state index in [-0.39, 0.29) is 23.4 Å². The SMILES string of the molecule is CCCCC(=O)OC1CC(CCC(=O)Nc2ncc(C)s2)C2C3CCc4cc(O)ccc4C3CCC12C. The number of benzene rings is 1. The van der Waals surface area contributed by atoms with Crippen molar-refractivity contribution in [2.75, 3.05) is 5.32 Å². The third-order valence-electron chi connectivity index (χ3n) is 9.38. The van der Waals surface area contributed by atoms with E-state index in [1.165, 1.54) is 22.5 Å². The molecule has 200 valence electrons. The highest BCUT2D eigenvalue weighted by Crippen LogP contribution is 2.64. The van der Waals surface area contributed by atoms with Gasteiger partial charge >= 0.3 is 5.97 Å². The summed E-state index contributed by atoms with van der Waals surface area (Å²) in [4.78, 5) is 30.9. The minimum Gasteiger partial charge on any atom is -0.508 e. The molecule has 1 aromatic heterocycles. The van der Waals surface area contributed by atoms with Crippen molar-refractivity contribution in [1.82, 2.24) is 4.98 Å². The molecule has 2 saturated carbocycles. The molecule has 6 nitrogen and oxygen atoms in total. The number of aromatic hydroxyl groups is 1. The second-order valence-electron chi connectivity index (χ2n) is 11.7. The Morgan fingerprint density at radius 1 is 1.27 bits per heavy atom. The average molecular weight is 525 g/mol. The van der Waals surface area contributed by atoms with E-state index in [1.54, 1.807) is 6.20 Å². The van der Waals surface area contributed by atoms with Crippen LogP contribution >= 0.6 is 11.3 Å². The molecule has 0 radical (unpaired) electrons. The van der Waals surface area contributed by atoms with Gasteiger partial charge in [-0.05, 0) is 98.8 Å². The van der Waals surface area contributed by atoms with Crippen LogP contribution in [-0.4, -0.2) is 28.1 Å². The van der Waals surface area contributed by atoms with E-state index in [0.29, 0.717) is 47.4 Å². The van der Waals surface area contributed by atoms with E-state index < -0.39 is 0 Å². The van der Waals surface area contributed by atoms with E-state index in [2.05, 4.69) is 30.2 Å². The van der Waals surface area contributed by atoms with Gasteiger partial charge in [0.2, 0.25) is 5.91 Å². The highest BCUT2D eigenvalue weighted by molar-refractivity contribution is 7.15. The average Bonchev–Trinajstić information content (AvgIpc) is 3.40. The van der Waals surface area contributed by atoms with Crippen molar-refractivity contribution in [3.05, 3.63) is 40.4 Å². The van der Waals surface area contributed by atoms with Gasteiger partial charge in [0, 0.05) is 29.3 Å². The molecular weight excluding hydrogens is 484 g/mol. The topological polar surface area (TPSA) is 88.5 Å². The van der Waals surface area contributed by atoms with Crippen LogP contribution < -0.4 is 5.32 Å². The maximum atomic E-state index is 12.8. The number of aryl methyl sites for hydroxylation is 2. The number of hydrogen-bond donors (Lipinski definition) is 2. The quantitative estimate of drug-likeness (QED) is 0.373. The monoisotopic (exact) mass is 524 g/mol. The number of nitrogens with one attached hydrogen (secondary N) is 1. The van der Waals surface area contributed by atoms with Gasteiger partial charge in [0.1, 0.15) is 11.9 Å². The minimum atomic E-state index is -0.0845. The van der Waals surface area contributed by atoms with Crippen LogP contribution in [0.5, 0.6) is 5.75 Å². The van der Waals surface area contributed by atoms with Crippen LogP contribution in [0.15, 0.2) is 24.4 Å². The first-order valence-corrected chi connectivity index (χ1v) is 14.8. The van der Waals surface area contributed by atoms with E-state index in [9.17, 15) is 14.7 Å². The van der Waals surface area contributed by atoms with Crippen molar-refractivity contribution < 1.29 is 19.4 Å². The number of aromatic nitrogens is 1. The molecular formula is C30H40N2O4S. The largest absolute Gasteiger partial charge is 0.508 e. The van der Waals surface area contributed by atoms with Gasteiger partial charge < -0.3 is 15.2 Å². The number of anilines is 1. The van der Waals surface area contributed by atoms with Crippen LogP contribution in [0.4, 0.5) is 5.13 Å². The van der Waals surface area contributed by atoms with Crippen molar-refractivity contribution in [2.24, 2.45) is 23.2 Å². The molecule has 0 spiro atoms. The lowest BCUT2D eigenvalue weighted by molar-refractivity contribution is -0.157. The number of phenolic OH excluding ortho intramolecular Hbond substituents is 1. The smallest absolute Gasteiger partial charge is 0.306 e. The predicted octanol–water partition coefficient (Wildman–Crippen LogP) is 6.76. The Morgan fingerprint density at radius 2 is 2.11 bits per heavy atom. The Kier molecular flexibility index (Phi) is 7.62. The maximum Gasteiger partial charge on any atom is 0.306 e. The van der Waals surface area contributed by atoms with Gasteiger partial charge in [-0.1, -0.05) is 26.3 Å². The minimum absolute atomic E-state index is 0.0104. The summed E-state index contributed by atoms with van der Waals surface area (Å²) in [5, 5.41) is 13.7. The summed E-state index contributed by atoms with van der Waals surface area (Å²) < 4.78 is 6.21. The zero-order valence-corrected chi connectivity index (χ0v) is 23.1. The lowest BCUT2D eigenvalue weighted by atomic mass is 9.53. The van der Waals surface area contributed by atoms with Crippen molar-refractivity contribution in [3.63, 3.8) is 0 Å². The Bertz CT molecular complexity index is 1150. The molecule has 7 heteroatoms. The number of ether oxygens (including phenoxy) is 1. The number of carbonyl (C=O) groups is 2. The molecule has 0 saturated heterocycles. The third kappa shape index (κ3) is 5.29. The first kappa shape index (κ1) is 26.2. The summed E-state index contributed by atoms with van der Waals surface area (Å²) >= 11 is 1.50. The van der Waals surface area contributed by atoms with Crippen molar-refractivity contribution in [3.8, 4) is 5.75 Å². The van der Waals surface area contributed by atoms with Gasteiger partial charge in [0.25, 0.3) is 0 Å². The molecule has 5 rings (SSSR count). The molecule has 37 heavy (non-hydrogen) atoms. The summed E-state index contributed by atoms with van der Waals surface area (Å²) in [7, 11) is 0. The molecule has 1 amide bonds. The number of phenols is 1. The molecule has 0 aliphatic heterocycles. The summed E-state index contributed by atoms with van der Waals surface area (Å²) in [6, 6.07) is 5.89. The number of thiazole rings is 1. The maximum absolute atomic E-state index is 12.8. The van der Waals surface area contributed by atoms with Crippen LogP contribution in [0.25, 0.3) is 0 Å². The van der Waals surface area contributed by atoms with E-state index in [0.717, 1.165) is 56.2 Å². The highest BCUT2D eigenvalue weighted by Gasteiger charge is 2.59. The van der Waals surface area contributed by atoms with Gasteiger partial charge in [0.05, 0.1) is 0 Å². The van der Waals surface area contributed by atoms with Gasteiger partial charge in [0.15, 0.2) is 5.13 Å². The number of fused-ring (bicyclic) bond motifs is 5. The summed E-state index contributed by atoms with van der Waals surface area (Å²) in [6.07, 6.45) is 10.3. The Hall–Kier alpha value is -2.41. The molecule has 2 fully saturated rings. The van der Waals surface area contributed by atoms with Crippen molar-refractivity contribution in [2.45, 2.75) is 97.0 Å². The zero-order valence-electron chi connectivity index (χ0n) is 22.3. The normalized spacial score (nSPS) is 30.2. The predicted molar refractivity (Wildman–Crippen MR) is 146 cm³/mol. The Morgan fingerprint density at radius 3 is 2.86 bits per heavy atom. The second-order valence-corrected chi connectivity index (χ2v) is 12.9. The van der Waals surface area contributed by atoms with Gasteiger partial charge in [-0.15, -0.1) is 11.3 Å². The summed E-state index contributed by atoms with van der Waals surface area (Å²) in [6.45, 7) is 6.42. The summed E-state index contributed by atoms with van der Waals surface area (Å²) in [5.74, 6) is 2.00. The molecule has 0 bridgehead atoms.